The molecule has 2 saturated heterocycles. The third-order valence-electron chi connectivity index (χ3n) is 5.40. The van der Waals surface area contributed by atoms with Crippen LogP contribution >= 0.6 is 0 Å². The molecule has 9 heteroatoms. The summed E-state index contributed by atoms with van der Waals surface area (Å²) in [5.74, 6) is 0.339. The number of ether oxygens (including phenoxy) is 2. The molecule has 3 aliphatic rings. The molecule has 2 aromatic heterocycles. The van der Waals surface area contributed by atoms with Crippen LogP contribution in [0.4, 0.5) is 0 Å². The Labute approximate surface area is 155 Å². The summed E-state index contributed by atoms with van der Waals surface area (Å²) >= 11 is 0. The van der Waals surface area contributed by atoms with E-state index in [0.717, 1.165) is 18.5 Å². The average Bonchev–Trinajstić information content (AvgIpc) is 3.21. The van der Waals surface area contributed by atoms with Gasteiger partial charge >= 0.3 is 0 Å². The average molecular weight is 364 g/mol. The van der Waals surface area contributed by atoms with Gasteiger partial charge in [-0.3, -0.25) is 14.8 Å². The second kappa shape index (κ2) is 5.96. The molecule has 1 aliphatic carbocycles. The molecule has 2 atom stereocenters. The van der Waals surface area contributed by atoms with Crippen molar-refractivity contribution < 1.29 is 14.3 Å². The largest absolute Gasteiger partial charge is 0.474 e. The van der Waals surface area contributed by atoms with Gasteiger partial charge in [0.15, 0.2) is 5.60 Å². The molecule has 5 rings (SSSR count). The zero-order valence-corrected chi connectivity index (χ0v) is 14.4. The van der Waals surface area contributed by atoms with Gasteiger partial charge in [0.25, 0.3) is 5.91 Å². The minimum absolute atomic E-state index is 0.000837. The molecule has 27 heavy (non-hydrogen) atoms. The van der Waals surface area contributed by atoms with Gasteiger partial charge in [0, 0.05) is 31.3 Å². The molecular weight excluding hydrogens is 348 g/mol. The fraction of sp³-hybridized carbons (Fsp3) is 0.444. The Morgan fingerprint density at radius 1 is 1.26 bits per heavy atom. The molecule has 0 N–H and O–H groups in total. The summed E-state index contributed by atoms with van der Waals surface area (Å²) in [6.07, 6.45) is 8.43. The van der Waals surface area contributed by atoms with E-state index in [9.17, 15) is 4.79 Å². The number of hydrogen-bond acceptors (Lipinski definition) is 8. The Morgan fingerprint density at radius 3 is 2.93 bits per heavy atom. The number of nitriles is 1. The highest BCUT2D eigenvalue weighted by Crippen LogP contribution is 2.51. The second-order valence-corrected chi connectivity index (χ2v) is 7.00. The molecule has 1 amide bonds. The van der Waals surface area contributed by atoms with E-state index in [0.29, 0.717) is 18.7 Å². The SMILES string of the molecule is N#Cc1cc(OC2CC3(C2)O[C@H]2CC[C@H](c4cnccn4)N2C3=O)ncn1. The first-order valence-electron chi connectivity index (χ1n) is 8.84. The maximum Gasteiger partial charge on any atom is 0.257 e. The maximum absolute atomic E-state index is 13.1. The lowest BCUT2D eigenvalue weighted by atomic mass is 9.76. The van der Waals surface area contributed by atoms with Crippen molar-refractivity contribution in [1.29, 1.82) is 5.26 Å². The van der Waals surface area contributed by atoms with Gasteiger partial charge in [-0.05, 0) is 12.8 Å². The van der Waals surface area contributed by atoms with E-state index in [4.69, 9.17) is 14.7 Å². The summed E-state index contributed by atoms with van der Waals surface area (Å²) < 4.78 is 11.9. The van der Waals surface area contributed by atoms with Gasteiger partial charge in [-0.25, -0.2) is 9.97 Å². The molecule has 3 fully saturated rings. The standard InChI is InChI=1S/C18H16N6O3/c19-8-11-5-15(23-10-22-11)26-12-6-18(7-12)17(25)24-14(1-2-16(24)27-18)13-9-20-3-4-21-13/h3-5,9-10,12,14,16H,1-2,6-7H2/t12?,14-,16+,18?/m1/s1. The molecule has 1 spiro atoms. The highest BCUT2D eigenvalue weighted by Gasteiger charge is 2.63. The molecule has 0 bridgehead atoms. The van der Waals surface area contributed by atoms with Crippen LogP contribution in [0.2, 0.25) is 0 Å². The van der Waals surface area contributed by atoms with E-state index in [2.05, 4.69) is 19.9 Å². The van der Waals surface area contributed by atoms with Gasteiger partial charge in [-0.2, -0.15) is 5.26 Å². The topological polar surface area (TPSA) is 114 Å². The van der Waals surface area contributed by atoms with Crippen LogP contribution in [0.25, 0.3) is 0 Å². The zero-order chi connectivity index (χ0) is 18.4. The Balaban J connectivity index is 1.28. The molecule has 9 nitrogen and oxygen atoms in total. The molecule has 0 unspecified atom stereocenters. The second-order valence-electron chi connectivity index (χ2n) is 7.00. The first-order valence-corrected chi connectivity index (χ1v) is 8.84. The van der Waals surface area contributed by atoms with Crippen LogP contribution in [0, 0.1) is 11.3 Å². The minimum atomic E-state index is -0.818. The van der Waals surface area contributed by atoms with Crippen molar-refractivity contribution in [2.24, 2.45) is 0 Å². The predicted molar refractivity (Wildman–Crippen MR) is 88.9 cm³/mol. The zero-order valence-electron chi connectivity index (χ0n) is 14.4. The first-order chi connectivity index (χ1) is 13.2. The Bertz CT molecular complexity index is 924. The monoisotopic (exact) mass is 364 g/mol. The first kappa shape index (κ1) is 16.1. The molecule has 2 aromatic rings. The summed E-state index contributed by atoms with van der Waals surface area (Å²) in [7, 11) is 0. The molecule has 2 aliphatic heterocycles. The predicted octanol–water partition coefficient (Wildman–Crippen LogP) is 1.14. The van der Waals surface area contributed by atoms with Crippen LogP contribution in [0.3, 0.4) is 0 Å². The fourth-order valence-electron chi connectivity index (χ4n) is 4.15. The number of fused-ring (bicyclic) bond motifs is 1. The number of nitrogens with zero attached hydrogens (tertiary/aromatic N) is 6. The van der Waals surface area contributed by atoms with E-state index in [1.807, 2.05) is 11.0 Å². The van der Waals surface area contributed by atoms with Gasteiger partial charge in [-0.1, -0.05) is 0 Å². The maximum atomic E-state index is 13.1. The van der Waals surface area contributed by atoms with Gasteiger partial charge in [0.2, 0.25) is 5.88 Å². The van der Waals surface area contributed by atoms with E-state index in [-0.39, 0.29) is 30.0 Å². The summed E-state index contributed by atoms with van der Waals surface area (Å²) in [5.41, 5.74) is 0.224. The van der Waals surface area contributed by atoms with Crippen molar-refractivity contribution in [1.82, 2.24) is 24.8 Å². The third-order valence-corrected chi connectivity index (χ3v) is 5.40. The summed E-state index contributed by atoms with van der Waals surface area (Å²) in [5, 5.41) is 8.90. The molecule has 0 aromatic carbocycles. The molecule has 0 radical (unpaired) electrons. The normalized spacial score (nSPS) is 31.4. The van der Waals surface area contributed by atoms with E-state index >= 15 is 0 Å². The number of hydrogen-bond donors (Lipinski definition) is 0. The lowest BCUT2D eigenvalue weighted by molar-refractivity contribution is -0.162. The quantitative estimate of drug-likeness (QED) is 0.796. The van der Waals surface area contributed by atoms with Crippen molar-refractivity contribution in [2.75, 3.05) is 0 Å². The van der Waals surface area contributed by atoms with Crippen molar-refractivity contribution in [2.45, 2.75) is 49.7 Å². The van der Waals surface area contributed by atoms with E-state index in [1.54, 1.807) is 18.6 Å². The van der Waals surface area contributed by atoms with Crippen LogP contribution in [0.1, 0.15) is 43.1 Å². The van der Waals surface area contributed by atoms with Gasteiger partial charge in [-0.15, -0.1) is 0 Å². The molecular formula is C18H16N6O3. The summed E-state index contributed by atoms with van der Waals surface area (Å²) in [6, 6.07) is 3.36. The van der Waals surface area contributed by atoms with Crippen LogP contribution in [0.15, 0.2) is 31.0 Å². The molecule has 4 heterocycles. The van der Waals surface area contributed by atoms with Crippen LogP contribution in [-0.4, -0.2) is 48.7 Å². The van der Waals surface area contributed by atoms with Crippen LogP contribution in [-0.2, 0) is 9.53 Å². The Hall–Kier alpha value is -3.12. The van der Waals surface area contributed by atoms with Crippen LogP contribution < -0.4 is 4.74 Å². The van der Waals surface area contributed by atoms with Crippen molar-refractivity contribution in [3.05, 3.63) is 42.4 Å². The smallest absolute Gasteiger partial charge is 0.257 e. The summed E-state index contributed by atoms with van der Waals surface area (Å²) in [4.78, 5) is 31.2. The van der Waals surface area contributed by atoms with E-state index < -0.39 is 5.60 Å². The third kappa shape index (κ3) is 2.52. The number of aromatic nitrogens is 4. The van der Waals surface area contributed by atoms with Gasteiger partial charge < -0.3 is 14.4 Å². The Kier molecular flexibility index (Phi) is 3.55. The highest BCUT2D eigenvalue weighted by molar-refractivity contribution is 5.89. The molecule has 136 valence electrons. The number of carbonyl (C=O) groups is 1. The number of amides is 1. The Morgan fingerprint density at radius 2 is 2.15 bits per heavy atom. The number of rotatable bonds is 3. The van der Waals surface area contributed by atoms with Crippen molar-refractivity contribution in [3.8, 4) is 11.9 Å². The van der Waals surface area contributed by atoms with E-state index in [1.165, 1.54) is 12.4 Å². The van der Waals surface area contributed by atoms with Crippen molar-refractivity contribution >= 4 is 5.91 Å². The van der Waals surface area contributed by atoms with Crippen molar-refractivity contribution in [3.63, 3.8) is 0 Å². The lowest BCUT2D eigenvalue weighted by Gasteiger charge is -2.41. The summed E-state index contributed by atoms with van der Waals surface area (Å²) in [6.45, 7) is 0. The van der Waals surface area contributed by atoms with Gasteiger partial charge in [0.05, 0.1) is 17.9 Å². The lowest BCUT2D eigenvalue weighted by Crippen LogP contribution is -2.56. The fourth-order valence-corrected chi connectivity index (χ4v) is 4.15. The minimum Gasteiger partial charge on any atom is -0.474 e. The number of carbonyl (C=O) groups excluding carboxylic acids is 1. The van der Waals surface area contributed by atoms with Gasteiger partial charge in [0.1, 0.15) is 30.4 Å². The molecule has 1 saturated carbocycles. The van der Waals surface area contributed by atoms with Crippen LogP contribution in [0.5, 0.6) is 5.88 Å². The highest BCUT2D eigenvalue weighted by atomic mass is 16.6.